The Kier molecular flexibility index (Phi) is 4.22. The van der Waals surface area contributed by atoms with Crippen molar-refractivity contribution < 1.29 is 19.4 Å². The second kappa shape index (κ2) is 5.69. The number of likely N-dealkylation sites (N-methyl/N-ethyl adjacent to an activating group) is 1. The number of carboxylic acids is 1. The molecular weight excluding hydrogens is 234 g/mol. The number of amides is 1. The molecule has 0 aromatic heterocycles. The molecule has 18 heavy (non-hydrogen) atoms. The monoisotopic (exact) mass is 255 g/mol. The Morgan fingerprint density at radius 3 is 2.56 bits per heavy atom. The van der Waals surface area contributed by atoms with Gasteiger partial charge >= 0.3 is 5.97 Å². The van der Waals surface area contributed by atoms with Gasteiger partial charge in [-0.25, -0.2) is 0 Å². The number of carbonyl (C=O) groups is 2. The average molecular weight is 255 g/mol. The van der Waals surface area contributed by atoms with Crippen LogP contribution in [0.15, 0.2) is 0 Å². The summed E-state index contributed by atoms with van der Waals surface area (Å²) in [6.45, 7) is 1.36. The number of aliphatic carboxylic acids is 1. The van der Waals surface area contributed by atoms with Gasteiger partial charge < -0.3 is 14.7 Å². The fraction of sp³-hybridized carbons (Fsp3) is 0.846. The Morgan fingerprint density at radius 1 is 1.22 bits per heavy atom. The van der Waals surface area contributed by atoms with Gasteiger partial charge in [-0.2, -0.15) is 0 Å². The number of ether oxygens (including phenoxy) is 1. The van der Waals surface area contributed by atoms with E-state index in [1.165, 1.54) is 0 Å². The minimum Gasteiger partial charge on any atom is -0.481 e. The molecule has 1 N–H and O–H groups in total. The van der Waals surface area contributed by atoms with Crippen LogP contribution in [0.5, 0.6) is 0 Å². The molecule has 102 valence electrons. The van der Waals surface area contributed by atoms with E-state index < -0.39 is 11.9 Å². The molecule has 3 unspecified atom stereocenters. The van der Waals surface area contributed by atoms with Crippen molar-refractivity contribution in [2.24, 2.45) is 11.8 Å². The molecule has 2 aliphatic rings. The third-order valence-electron chi connectivity index (χ3n) is 4.03. The SMILES string of the molecule is CN(CC1CCCO1)C(=O)C1CCCC1C(=O)O. The van der Waals surface area contributed by atoms with Gasteiger partial charge in [0.2, 0.25) is 5.91 Å². The summed E-state index contributed by atoms with van der Waals surface area (Å²) in [7, 11) is 1.75. The first-order valence-electron chi connectivity index (χ1n) is 6.69. The molecule has 3 atom stereocenters. The number of hydrogen-bond donors (Lipinski definition) is 1. The van der Waals surface area contributed by atoms with E-state index in [9.17, 15) is 9.59 Å². The highest BCUT2D eigenvalue weighted by atomic mass is 16.5. The van der Waals surface area contributed by atoms with Gasteiger partial charge in [-0.3, -0.25) is 9.59 Å². The van der Waals surface area contributed by atoms with Gasteiger partial charge in [0.15, 0.2) is 0 Å². The molecule has 2 rings (SSSR count). The Hall–Kier alpha value is -1.10. The Morgan fingerprint density at radius 2 is 1.94 bits per heavy atom. The molecule has 0 spiro atoms. The standard InChI is InChI=1S/C13H21NO4/c1-14(8-9-4-3-7-18-9)12(15)10-5-2-6-11(10)13(16)17/h9-11H,2-8H2,1H3,(H,16,17). The average Bonchev–Trinajstić information content (AvgIpc) is 2.97. The van der Waals surface area contributed by atoms with Crippen molar-refractivity contribution in [3.63, 3.8) is 0 Å². The maximum absolute atomic E-state index is 12.3. The van der Waals surface area contributed by atoms with Gasteiger partial charge in [0.05, 0.1) is 17.9 Å². The Labute approximate surface area is 107 Å². The molecule has 1 amide bonds. The number of nitrogens with zero attached hydrogens (tertiary/aromatic N) is 1. The van der Waals surface area contributed by atoms with Crippen molar-refractivity contribution in [2.75, 3.05) is 20.2 Å². The highest BCUT2D eigenvalue weighted by molar-refractivity contribution is 5.85. The van der Waals surface area contributed by atoms with Crippen LogP contribution >= 0.6 is 0 Å². The summed E-state index contributed by atoms with van der Waals surface area (Å²) in [6, 6.07) is 0. The van der Waals surface area contributed by atoms with E-state index in [2.05, 4.69) is 0 Å². The number of carboxylic acid groups (broad SMARTS) is 1. The number of carbonyl (C=O) groups excluding carboxylic acids is 1. The first-order valence-corrected chi connectivity index (χ1v) is 6.69. The van der Waals surface area contributed by atoms with Gasteiger partial charge in [0.25, 0.3) is 0 Å². The van der Waals surface area contributed by atoms with E-state index in [-0.39, 0.29) is 17.9 Å². The highest BCUT2D eigenvalue weighted by Gasteiger charge is 2.39. The van der Waals surface area contributed by atoms with Crippen LogP contribution in [0.25, 0.3) is 0 Å². The predicted octanol–water partition coefficient (Wildman–Crippen LogP) is 1.12. The van der Waals surface area contributed by atoms with Crippen LogP contribution in [-0.4, -0.2) is 48.2 Å². The van der Waals surface area contributed by atoms with E-state index in [0.717, 1.165) is 25.9 Å². The zero-order chi connectivity index (χ0) is 13.1. The molecule has 5 heteroatoms. The summed E-state index contributed by atoms with van der Waals surface area (Å²) in [4.78, 5) is 25.0. The fourth-order valence-electron chi connectivity index (χ4n) is 3.02. The Balaban J connectivity index is 1.90. The predicted molar refractivity (Wildman–Crippen MR) is 65.1 cm³/mol. The third kappa shape index (κ3) is 2.83. The molecule has 1 saturated carbocycles. The minimum absolute atomic E-state index is 0.0320. The number of hydrogen-bond acceptors (Lipinski definition) is 3. The summed E-state index contributed by atoms with van der Waals surface area (Å²) in [6.07, 6.45) is 4.33. The van der Waals surface area contributed by atoms with E-state index in [1.54, 1.807) is 11.9 Å². The molecule has 1 aliphatic carbocycles. The molecule has 0 aromatic rings. The van der Waals surface area contributed by atoms with E-state index >= 15 is 0 Å². The number of rotatable bonds is 4. The van der Waals surface area contributed by atoms with Crippen molar-refractivity contribution >= 4 is 11.9 Å². The first-order chi connectivity index (χ1) is 8.59. The lowest BCUT2D eigenvalue weighted by Gasteiger charge is -2.25. The van der Waals surface area contributed by atoms with Gasteiger partial charge in [-0.15, -0.1) is 0 Å². The molecule has 1 aliphatic heterocycles. The lowest BCUT2D eigenvalue weighted by molar-refractivity contribution is -0.149. The van der Waals surface area contributed by atoms with E-state index in [0.29, 0.717) is 19.4 Å². The Bertz CT molecular complexity index is 325. The van der Waals surface area contributed by atoms with Crippen LogP contribution in [0.2, 0.25) is 0 Å². The van der Waals surface area contributed by atoms with Gasteiger partial charge in [-0.1, -0.05) is 6.42 Å². The molecule has 0 aromatic carbocycles. The highest BCUT2D eigenvalue weighted by Crippen LogP contribution is 2.33. The normalized spacial score (nSPS) is 31.5. The van der Waals surface area contributed by atoms with Crippen molar-refractivity contribution in [2.45, 2.75) is 38.2 Å². The van der Waals surface area contributed by atoms with Gasteiger partial charge in [-0.05, 0) is 25.7 Å². The zero-order valence-electron chi connectivity index (χ0n) is 10.8. The smallest absolute Gasteiger partial charge is 0.307 e. The maximum atomic E-state index is 12.3. The third-order valence-corrected chi connectivity index (χ3v) is 4.03. The topological polar surface area (TPSA) is 66.8 Å². The van der Waals surface area contributed by atoms with Crippen molar-refractivity contribution in [1.29, 1.82) is 0 Å². The molecule has 0 bridgehead atoms. The van der Waals surface area contributed by atoms with Crippen LogP contribution in [0.1, 0.15) is 32.1 Å². The van der Waals surface area contributed by atoms with Crippen LogP contribution < -0.4 is 0 Å². The van der Waals surface area contributed by atoms with E-state index in [1.807, 2.05) is 0 Å². The molecular formula is C13H21NO4. The van der Waals surface area contributed by atoms with Crippen LogP contribution in [0.4, 0.5) is 0 Å². The lowest BCUT2D eigenvalue weighted by Crippen LogP contribution is -2.40. The van der Waals surface area contributed by atoms with Crippen molar-refractivity contribution in [1.82, 2.24) is 4.90 Å². The fourth-order valence-corrected chi connectivity index (χ4v) is 3.02. The van der Waals surface area contributed by atoms with Crippen LogP contribution in [0, 0.1) is 11.8 Å². The van der Waals surface area contributed by atoms with Gasteiger partial charge in [0.1, 0.15) is 0 Å². The van der Waals surface area contributed by atoms with Gasteiger partial charge in [0, 0.05) is 20.2 Å². The molecule has 0 radical (unpaired) electrons. The molecule has 5 nitrogen and oxygen atoms in total. The largest absolute Gasteiger partial charge is 0.481 e. The molecule has 2 fully saturated rings. The van der Waals surface area contributed by atoms with Crippen molar-refractivity contribution in [3.05, 3.63) is 0 Å². The molecule has 1 saturated heterocycles. The summed E-state index contributed by atoms with van der Waals surface area (Å²) in [5.74, 6) is -1.70. The van der Waals surface area contributed by atoms with Crippen LogP contribution in [-0.2, 0) is 14.3 Å². The van der Waals surface area contributed by atoms with Crippen molar-refractivity contribution in [3.8, 4) is 0 Å². The minimum atomic E-state index is -0.837. The zero-order valence-corrected chi connectivity index (χ0v) is 10.8. The second-order valence-corrected chi connectivity index (χ2v) is 5.34. The first kappa shape index (κ1) is 13.3. The quantitative estimate of drug-likeness (QED) is 0.817. The summed E-state index contributed by atoms with van der Waals surface area (Å²) >= 11 is 0. The van der Waals surface area contributed by atoms with Crippen LogP contribution in [0.3, 0.4) is 0 Å². The summed E-state index contributed by atoms with van der Waals surface area (Å²) in [5, 5.41) is 9.10. The maximum Gasteiger partial charge on any atom is 0.307 e. The second-order valence-electron chi connectivity index (χ2n) is 5.34. The molecule has 1 heterocycles. The van der Waals surface area contributed by atoms with E-state index in [4.69, 9.17) is 9.84 Å². The lowest BCUT2D eigenvalue weighted by atomic mass is 9.95. The summed E-state index contributed by atoms with van der Waals surface area (Å²) in [5.41, 5.74) is 0. The summed E-state index contributed by atoms with van der Waals surface area (Å²) < 4.78 is 5.50.